The Morgan fingerprint density at radius 1 is 0.649 bits per heavy atom. The van der Waals surface area contributed by atoms with E-state index in [-0.39, 0.29) is 70.6 Å². The number of aryl methyl sites for hydroxylation is 1. The molecule has 0 saturated carbocycles. The first-order valence-electron chi connectivity index (χ1n) is 17.1. The van der Waals surface area contributed by atoms with Crippen LogP contribution in [0.2, 0.25) is 15.1 Å². The number of carbonyl (C=O) groups excluding carboxylic acids is 2. The molecule has 1 aromatic heterocycles. The monoisotopic (exact) mass is 839 g/mol. The molecule has 1 N–H and O–H groups in total. The summed E-state index contributed by atoms with van der Waals surface area (Å²) in [5.74, 6) is -3.92. The Balaban J connectivity index is 0.000000230. The fourth-order valence-electron chi connectivity index (χ4n) is 5.65. The minimum absolute atomic E-state index is 0.0140. The summed E-state index contributed by atoms with van der Waals surface area (Å²) in [5, 5.41) is 10.3. The van der Waals surface area contributed by atoms with Crippen LogP contribution in [0.1, 0.15) is 57.3 Å². The molecule has 6 aromatic rings. The lowest BCUT2D eigenvalue weighted by molar-refractivity contribution is -0.117. The number of ketones is 2. The first kappa shape index (κ1) is 42.5. The molecule has 0 amide bonds. The van der Waals surface area contributed by atoms with Crippen molar-refractivity contribution >= 4 is 52.3 Å². The number of Topliss-reactive ketones (excluding diaryl/α,β-unsaturated/α-hetero) is 2. The number of carboxylic acid groups (broad SMARTS) is 1. The van der Waals surface area contributed by atoms with Crippen LogP contribution in [-0.2, 0) is 18.0 Å². The SMILES string of the molecule is CC(=O)CCC(=O)c1cc(Cl)ccc1OCc1c(F)cccc1F.Cc1ccc(-c2cc(Cl)ccc2OCc2c(F)cccc2F)n1-c1ccc(Cl)c(C(=O)O)c1. The van der Waals surface area contributed by atoms with Gasteiger partial charge in [0.2, 0.25) is 0 Å². The molecule has 0 radical (unpaired) electrons. The lowest BCUT2D eigenvalue weighted by Crippen LogP contribution is -2.07. The Labute approximate surface area is 340 Å². The normalized spacial score (nSPS) is 10.8. The largest absolute Gasteiger partial charge is 0.488 e. The molecule has 294 valence electrons. The molecule has 0 aliphatic carbocycles. The molecule has 0 aliphatic rings. The molecule has 1 heterocycles. The predicted molar refractivity (Wildman–Crippen MR) is 210 cm³/mol. The number of halogens is 7. The Morgan fingerprint density at radius 3 is 1.75 bits per heavy atom. The van der Waals surface area contributed by atoms with Gasteiger partial charge in [0, 0.05) is 39.8 Å². The van der Waals surface area contributed by atoms with Crippen LogP contribution in [0.3, 0.4) is 0 Å². The highest BCUT2D eigenvalue weighted by Gasteiger charge is 2.19. The lowest BCUT2D eigenvalue weighted by atomic mass is 10.0. The van der Waals surface area contributed by atoms with E-state index in [2.05, 4.69) is 0 Å². The summed E-state index contributed by atoms with van der Waals surface area (Å²) in [6, 6.07) is 24.8. The molecule has 0 atom stereocenters. The van der Waals surface area contributed by atoms with E-state index in [1.807, 2.05) is 23.6 Å². The van der Waals surface area contributed by atoms with Crippen molar-refractivity contribution in [1.82, 2.24) is 4.57 Å². The van der Waals surface area contributed by atoms with Crippen LogP contribution in [0.15, 0.2) is 103 Å². The van der Waals surface area contributed by atoms with E-state index < -0.39 is 29.2 Å². The van der Waals surface area contributed by atoms with Crippen molar-refractivity contribution in [3.63, 3.8) is 0 Å². The first-order chi connectivity index (χ1) is 27.1. The third-order valence-corrected chi connectivity index (χ3v) is 9.35. The Hall–Kier alpha value is -5.62. The van der Waals surface area contributed by atoms with Gasteiger partial charge in [0.1, 0.15) is 53.8 Å². The highest BCUT2D eigenvalue weighted by atomic mass is 35.5. The second-order valence-electron chi connectivity index (χ2n) is 12.5. The molecule has 0 bridgehead atoms. The predicted octanol–water partition coefficient (Wildman–Crippen LogP) is 12.1. The van der Waals surface area contributed by atoms with Crippen LogP contribution < -0.4 is 9.47 Å². The molecule has 7 nitrogen and oxygen atoms in total. The van der Waals surface area contributed by atoms with Crippen LogP contribution in [0.5, 0.6) is 11.5 Å². The Kier molecular flexibility index (Phi) is 14.2. The van der Waals surface area contributed by atoms with Crippen molar-refractivity contribution in [2.45, 2.75) is 39.9 Å². The van der Waals surface area contributed by atoms with Gasteiger partial charge in [0.15, 0.2) is 5.78 Å². The Morgan fingerprint density at radius 2 is 1.19 bits per heavy atom. The molecular formula is C43H32Cl3F4NO6. The summed E-state index contributed by atoms with van der Waals surface area (Å²) >= 11 is 18.2. The van der Waals surface area contributed by atoms with Crippen LogP contribution in [0.25, 0.3) is 16.9 Å². The summed E-state index contributed by atoms with van der Waals surface area (Å²) in [6.45, 7) is 2.56. The summed E-state index contributed by atoms with van der Waals surface area (Å²) in [6.07, 6.45) is 0.118. The highest BCUT2D eigenvalue weighted by molar-refractivity contribution is 6.33. The molecule has 57 heavy (non-hydrogen) atoms. The maximum atomic E-state index is 14.1. The molecule has 0 aliphatic heterocycles. The molecular weight excluding hydrogens is 809 g/mol. The van der Waals surface area contributed by atoms with Gasteiger partial charge in [0.25, 0.3) is 0 Å². The van der Waals surface area contributed by atoms with Gasteiger partial charge in [-0.15, -0.1) is 0 Å². The molecule has 0 saturated heterocycles. The van der Waals surface area contributed by atoms with Crippen LogP contribution in [0, 0.1) is 30.2 Å². The van der Waals surface area contributed by atoms with Crippen molar-refractivity contribution in [3.8, 4) is 28.4 Å². The number of benzene rings is 5. The molecule has 0 fully saturated rings. The third kappa shape index (κ3) is 10.6. The van der Waals surface area contributed by atoms with Crippen molar-refractivity contribution in [1.29, 1.82) is 0 Å². The summed E-state index contributed by atoms with van der Waals surface area (Å²) < 4.78 is 68.5. The van der Waals surface area contributed by atoms with Gasteiger partial charge in [-0.05, 0) is 105 Å². The fraction of sp³-hybridized carbons (Fsp3) is 0.140. The number of hydrogen-bond acceptors (Lipinski definition) is 5. The summed E-state index contributed by atoms with van der Waals surface area (Å²) in [4.78, 5) is 34.8. The number of hydrogen-bond donors (Lipinski definition) is 1. The zero-order chi connectivity index (χ0) is 41.4. The molecule has 14 heteroatoms. The molecule has 5 aromatic carbocycles. The van der Waals surface area contributed by atoms with Crippen LogP contribution >= 0.6 is 34.8 Å². The van der Waals surface area contributed by atoms with Crippen LogP contribution in [0.4, 0.5) is 17.6 Å². The number of aromatic carboxylic acids is 1. The second kappa shape index (κ2) is 19.0. The number of nitrogens with zero attached hydrogens (tertiary/aromatic N) is 1. The number of carbonyl (C=O) groups is 3. The maximum absolute atomic E-state index is 14.1. The quantitative estimate of drug-likeness (QED) is 0.0919. The van der Waals surface area contributed by atoms with Gasteiger partial charge in [-0.2, -0.15) is 0 Å². The van der Waals surface area contributed by atoms with E-state index >= 15 is 0 Å². The van der Waals surface area contributed by atoms with Crippen molar-refractivity contribution in [3.05, 3.63) is 169 Å². The highest BCUT2D eigenvalue weighted by Crippen LogP contribution is 2.37. The number of aromatic nitrogens is 1. The van der Waals surface area contributed by atoms with E-state index in [4.69, 9.17) is 44.3 Å². The summed E-state index contributed by atoms with van der Waals surface area (Å²) in [7, 11) is 0. The second-order valence-corrected chi connectivity index (χ2v) is 13.8. The summed E-state index contributed by atoms with van der Waals surface area (Å²) in [5.41, 5.74) is 2.33. The average molecular weight is 841 g/mol. The molecule has 0 unspecified atom stereocenters. The fourth-order valence-corrected chi connectivity index (χ4v) is 6.19. The third-order valence-electron chi connectivity index (χ3n) is 8.55. The number of ether oxygens (including phenoxy) is 2. The number of carboxylic acids is 1. The van der Waals surface area contributed by atoms with Gasteiger partial charge >= 0.3 is 5.97 Å². The smallest absolute Gasteiger partial charge is 0.337 e. The van der Waals surface area contributed by atoms with Gasteiger partial charge < -0.3 is 23.9 Å². The van der Waals surface area contributed by atoms with E-state index in [0.717, 1.165) is 17.8 Å². The number of rotatable bonds is 13. The van der Waals surface area contributed by atoms with E-state index in [1.54, 1.807) is 24.3 Å². The Bertz CT molecular complexity index is 2430. The van der Waals surface area contributed by atoms with Gasteiger partial charge in [-0.3, -0.25) is 4.79 Å². The maximum Gasteiger partial charge on any atom is 0.337 e. The minimum Gasteiger partial charge on any atom is -0.488 e. The first-order valence-corrected chi connectivity index (χ1v) is 18.2. The van der Waals surface area contributed by atoms with Gasteiger partial charge in [0.05, 0.1) is 33.0 Å². The zero-order valence-electron chi connectivity index (χ0n) is 30.2. The van der Waals surface area contributed by atoms with E-state index in [9.17, 15) is 37.1 Å². The van der Waals surface area contributed by atoms with E-state index in [0.29, 0.717) is 32.7 Å². The topological polar surface area (TPSA) is 94.8 Å². The zero-order valence-corrected chi connectivity index (χ0v) is 32.5. The molecule has 6 rings (SSSR count). The average Bonchev–Trinajstić information content (AvgIpc) is 3.55. The van der Waals surface area contributed by atoms with Crippen LogP contribution in [-0.4, -0.2) is 27.2 Å². The van der Waals surface area contributed by atoms with Crippen molar-refractivity contribution < 1.29 is 46.5 Å². The van der Waals surface area contributed by atoms with Crippen molar-refractivity contribution in [2.75, 3.05) is 0 Å². The standard InChI is InChI=1S/C25H17Cl2F2NO3.C18H15ClF2O3/c1-14-5-9-23(30(14)16-7-8-20(27)17(12-16)25(31)32)18-11-15(26)6-10-24(18)33-13-19-21(28)3-2-4-22(19)29;1-11(22)5-7-17(23)13-9-12(19)6-8-18(13)24-10-14-15(20)3-2-4-16(14)21/h2-12H,13H2,1H3,(H,31,32);2-4,6,8-9H,5,7,10H2,1H3. The minimum atomic E-state index is -1.15. The van der Waals surface area contributed by atoms with Gasteiger partial charge in [-0.1, -0.05) is 46.9 Å². The van der Waals surface area contributed by atoms with Gasteiger partial charge in [-0.25, -0.2) is 22.4 Å². The molecule has 0 spiro atoms. The van der Waals surface area contributed by atoms with E-state index in [1.165, 1.54) is 61.5 Å². The van der Waals surface area contributed by atoms with Crippen molar-refractivity contribution in [2.24, 2.45) is 0 Å². The lowest BCUT2D eigenvalue weighted by Gasteiger charge is -2.17.